The molecule has 3 heterocycles. The molecule has 0 unspecified atom stereocenters. The van der Waals surface area contributed by atoms with E-state index in [-0.39, 0.29) is 11.9 Å². The Hall–Kier alpha value is -8.06. The van der Waals surface area contributed by atoms with Crippen LogP contribution in [0.2, 0.25) is 0 Å². The van der Waals surface area contributed by atoms with Crippen LogP contribution in [0.15, 0.2) is 246 Å². The number of aromatic nitrogens is 2. The molecule has 0 aliphatic carbocycles. The third-order valence-electron chi connectivity index (χ3n) is 11.1. The summed E-state index contributed by atoms with van der Waals surface area (Å²) in [7, 11) is -6.48. The maximum absolute atomic E-state index is 10.7. The fourth-order valence-electron chi connectivity index (χ4n) is 8.41. The molecule has 298 valence electrons. The first-order chi connectivity index (χ1) is 40.8. The summed E-state index contributed by atoms with van der Waals surface area (Å²) < 4.78 is 220. The molecule has 5 nitrogen and oxygen atoms in total. The molecular formula is C57H41N5Si. The number of para-hydroxylation sites is 4. The van der Waals surface area contributed by atoms with Crippen LogP contribution in [0.1, 0.15) is 43.3 Å². The first-order valence-corrected chi connectivity index (χ1v) is 21.7. The van der Waals surface area contributed by atoms with Crippen LogP contribution in [0.4, 0.5) is 0 Å². The fraction of sp³-hybridized carbons (Fsp3) is 0.0175. The highest BCUT2D eigenvalue weighted by molar-refractivity contribution is 7.20. The molecule has 9 aromatic carbocycles. The fourth-order valence-corrected chi connectivity index (χ4v) is 12.0. The van der Waals surface area contributed by atoms with Crippen LogP contribution < -0.4 is 26.1 Å². The molecule has 1 aliphatic heterocycles. The molecule has 0 bridgehead atoms. The lowest BCUT2D eigenvalue weighted by Gasteiger charge is -2.35. The topological polar surface area (TPSA) is 46.6 Å². The molecule has 1 N–H and O–H groups in total. The van der Waals surface area contributed by atoms with Crippen molar-refractivity contribution in [3.05, 3.63) is 242 Å². The van der Waals surface area contributed by atoms with Crippen molar-refractivity contribution < 1.29 is 31.5 Å². The predicted molar refractivity (Wildman–Crippen MR) is 266 cm³/mol. The van der Waals surface area contributed by atoms with Gasteiger partial charge in [-0.05, 0) is 61.7 Å². The molecule has 0 saturated carbocycles. The molecule has 12 rings (SSSR count). The van der Waals surface area contributed by atoms with Gasteiger partial charge in [0.2, 0.25) is 11.9 Å². The molecule has 6 heteroatoms. The predicted octanol–water partition coefficient (Wildman–Crippen LogP) is 10.4. The average Bonchev–Trinajstić information content (AvgIpc) is 0.880. The molecule has 0 atom stereocenters. The number of nitrogens with one attached hydrogen (secondary N) is 1. The molecule has 0 radical (unpaired) electrons. The van der Waals surface area contributed by atoms with Crippen molar-refractivity contribution in [3.8, 4) is 11.1 Å². The van der Waals surface area contributed by atoms with Gasteiger partial charge in [-0.25, -0.2) is 9.98 Å². The first-order valence-electron chi connectivity index (χ1n) is 31.2. The van der Waals surface area contributed by atoms with Gasteiger partial charge in [0.1, 0.15) is 0 Å². The average molecular weight is 847 g/mol. The van der Waals surface area contributed by atoms with Crippen molar-refractivity contribution in [1.29, 1.82) is 0 Å². The van der Waals surface area contributed by atoms with Gasteiger partial charge in [0.05, 0.1) is 53.6 Å². The number of rotatable bonds is 6. The highest BCUT2D eigenvalue weighted by Crippen LogP contribution is 2.33. The van der Waals surface area contributed by atoms with E-state index < -0.39 is 191 Å². The van der Waals surface area contributed by atoms with Crippen molar-refractivity contribution in [2.75, 3.05) is 0 Å². The van der Waals surface area contributed by atoms with Gasteiger partial charge < -0.3 is 0 Å². The Labute approximate surface area is 398 Å². The minimum atomic E-state index is -6.48. The Morgan fingerprint density at radius 1 is 0.397 bits per heavy atom. The molecule has 0 fully saturated rings. The van der Waals surface area contributed by atoms with Crippen molar-refractivity contribution >= 4 is 84.4 Å². The Kier molecular flexibility index (Phi) is 4.85. The van der Waals surface area contributed by atoms with E-state index >= 15 is 0 Å². The number of aliphatic imine (C=N–C) groups is 2. The molecular weight excluding hydrogens is 783 g/mol. The van der Waals surface area contributed by atoms with Crippen LogP contribution in [0.3, 0.4) is 0 Å². The molecule has 1 aliphatic rings. The number of hydrogen-bond donors (Lipinski definition) is 1. The van der Waals surface area contributed by atoms with Crippen LogP contribution in [-0.4, -0.2) is 29.1 Å². The summed E-state index contributed by atoms with van der Waals surface area (Å²) >= 11 is 0. The van der Waals surface area contributed by atoms with Gasteiger partial charge in [0.15, 0.2) is 14.2 Å². The summed E-state index contributed by atoms with van der Waals surface area (Å²) in [5.41, 5.74) is -0.0938. The minimum Gasteiger partial charge on any atom is -0.295 e. The molecule has 63 heavy (non-hydrogen) atoms. The van der Waals surface area contributed by atoms with Crippen LogP contribution in [0.5, 0.6) is 0 Å². The maximum atomic E-state index is 10.7. The number of fused-ring (bicyclic) bond motifs is 6. The van der Waals surface area contributed by atoms with E-state index in [1.54, 1.807) is 33.4 Å². The summed E-state index contributed by atoms with van der Waals surface area (Å²) in [4.78, 5) is 10.2. The van der Waals surface area contributed by atoms with Gasteiger partial charge >= 0.3 is 0 Å². The van der Waals surface area contributed by atoms with Gasteiger partial charge in [-0.15, -0.1) is 0 Å². The number of nitrogens with zero attached hydrogens (tertiary/aromatic N) is 4. The second-order valence-electron chi connectivity index (χ2n) is 14.4. The van der Waals surface area contributed by atoms with Crippen LogP contribution >= 0.6 is 0 Å². The van der Waals surface area contributed by atoms with E-state index in [0.717, 1.165) is 21.5 Å². The monoisotopic (exact) mass is 846 g/mol. The van der Waals surface area contributed by atoms with Gasteiger partial charge in [-0.3, -0.25) is 14.5 Å². The smallest absolute Gasteiger partial charge is 0.212 e. The minimum absolute atomic E-state index is 0.0240. The van der Waals surface area contributed by atoms with E-state index in [0.29, 0.717) is 22.1 Å². The molecule has 0 amide bonds. The summed E-state index contributed by atoms with van der Waals surface area (Å²) in [6.07, 6.45) is -1.88. The standard InChI is InChI=1S/C57H41N5Si/c1-4-20-40(21-5-1)41-22-18-28-45(38-41)63(43-24-6-2-7-25-43,44-26-8-3-9-27-44)46-29-19-23-42(39-46)55-58-56(61-51-34-14-10-30-47(51)48-31-11-15-35-52(48)61)60-57(59-55)62-53-36-16-12-32-49(53)50-33-13-17-37-54(50)62/h1-39,55H,(H,58,59,60)/i1D,2D,3D,4D,5D,6D,7D,8D,9D,18D,19D,20D,21D,22D,23D,24D,25D,26D,27D,28D,29D,38D,39D. The summed E-state index contributed by atoms with van der Waals surface area (Å²) in [6, 6.07) is 3.95. The Bertz CT molecular complexity index is 4550. The number of hydrogen-bond acceptors (Lipinski definition) is 3. The highest BCUT2D eigenvalue weighted by atomic mass is 28.3. The first kappa shape index (κ1) is 20.2. The highest BCUT2D eigenvalue weighted by Gasteiger charge is 2.42. The normalized spacial score (nSPS) is 18.4. The van der Waals surface area contributed by atoms with Gasteiger partial charge in [0.25, 0.3) is 0 Å². The second-order valence-corrected chi connectivity index (χ2v) is 17.9. The van der Waals surface area contributed by atoms with E-state index in [2.05, 4.69) is 5.32 Å². The quantitative estimate of drug-likeness (QED) is 0.132. The maximum Gasteiger partial charge on any atom is 0.212 e. The number of benzene rings is 9. The van der Waals surface area contributed by atoms with Crippen molar-refractivity contribution in [2.45, 2.75) is 6.17 Å². The van der Waals surface area contributed by atoms with E-state index in [9.17, 15) is 16.4 Å². The van der Waals surface area contributed by atoms with Crippen molar-refractivity contribution in [2.24, 2.45) is 9.98 Å². The van der Waals surface area contributed by atoms with Gasteiger partial charge in [-0.1, -0.05) is 212 Å². The Morgan fingerprint density at radius 2 is 0.778 bits per heavy atom. The van der Waals surface area contributed by atoms with Crippen molar-refractivity contribution in [1.82, 2.24) is 14.5 Å². The van der Waals surface area contributed by atoms with Crippen LogP contribution in [0.25, 0.3) is 54.7 Å². The van der Waals surface area contributed by atoms with E-state index in [1.165, 1.54) is 0 Å². The summed E-state index contributed by atoms with van der Waals surface area (Å²) in [5, 5.41) is 2.22. The van der Waals surface area contributed by atoms with Gasteiger partial charge in [0, 0.05) is 21.5 Å². The lowest BCUT2D eigenvalue weighted by atomic mass is 10.1. The summed E-state index contributed by atoms with van der Waals surface area (Å²) in [5.74, 6) is 0.0479. The lowest BCUT2D eigenvalue weighted by Crippen LogP contribution is -2.74. The summed E-state index contributed by atoms with van der Waals surface area (Å²) in [6.45, 7) is 0. The lowest BCUT2D eigenvalue weighted by molar-refractivity contribution is 0.735. The second kappa shape index (κ2) is 15.1. The molecule has 2 aromatic heterocycles. The van der Waals surface area contributed by atoms with Crippen LogP contribution in [-0.2, 0) is 0 Å². The molecule has 11 aromatic rings. The molecule has 0 spiro atoms. The largest absolute Gasteiger partial charge is 0.295 e. The van der Waals surface area contributed by atoms with E-state index in [4.69, 9.17) is 25.1 Å². The van der Waals surface area contributed by atoms with E-state index in [1.807, 2.05) is 72.8 Å². The SMILES string of the molecule is [2H]c1c([2H])c([2H])c(-c2c([2H])c([2H])c([2H])c([Si](c3c([2H])c([2H])c([2H])c([2H])c3[2H])(c3c([2H])c([2H])c([2H])c([2H])c3[2H])c3c([2H])c([2H])c([2H])c(C4N=C(n5c6ccccc6c6ccccc65)NC(n5c6ccccc6c6ccccc65)=N4)c3[2H])c2[2H])c([2H])c1[2H]. The van der Waals surface area contributed by atoms with Crippen LogP contribution in [0, 0.1) is 0 Å². The third kappa shape index (κ3) is 5.98. The zero-order valence-electron chi connectivity index (χ0n) is 55.6. The Morgan fingerprint density at radius 3 is 1.25 bits per heavy atom. The van der Waals surface area contributed by atoms with Gasteiger partial charge in [-0.2, -0.15) is 0 Å². The molecule has 0 saturated heterocycles. The zero-order valence-corrected chi connectivity index (χ0v) is 33.6. The Balaban J connectivity index is 1.33. The zero-order chi connectivity index (χ0) is 61.8. The van der Waals surface area contributed by atoms with Crippen molar-refractivity contribution in [3.63, 3.8) is 0 Å². The third-order valence-corrected chi connectivity index (χ3v) is 15.1.